The molecular formula is C10H14BrNO2S. The van der Waals surface area contributed by atoms with Crippen LogP contribution in [0.2, 0.25) is 0 Å². The summed E-state index contributed by atoms with van der Waals surface area (Å²) in [4.78, 5) is 0.369. The van der Waals surface area contributed by atoms with Crippen LogP contribution in [0.5, 0.6) is 0 Å². The number of benzene rings is 1. The second-order valence-corrected chi connectivity index (χ2v) is 6.30. The molecule has 84 valence electrons. The molecule has 0 unspecified atom stereocenters. The summed E-state index contributed by atoms with van der Waals surface area (Å²) in [6.07, 6.45) is 1.36. The Morgan fingerprint density at radius 1 is 1.27 bits per heavy atom. The van der Waals surface area contributed by atoms with Gasteiger partial charge in [-0.3, -0.25) is 0 Å². The summed E-state index contributed by atoms with van der Waals surface area (Å²) < 4.78 is 24.4. The Morgan fingerprint density at radius 3 is 2.60 bits per heavy atom. The van der Waals surface area contributed by atoms with Crippen LogP contribution in [0.4, 0.5) is 0 Å². The first-order chi connectivity index (χ1) is 7.06. The van der Waals surface area contributed by atoms with Crippen molar-refractivity contribution in [1.29, 1.82) is 0 Å². The Balaban J connectivity index is 2.77. The van der Waals surface area contributed by atoms with Crippen LogP contribution >= 0.6 is 15.9 Å². The normalized spacial score (nSPS) is 11.6. The van der Waals surface area contributed by atoms with Crippen LogP contribution in [-0.2, 0) is 9.84 Å². The Morgan fingerprint density at radius 2 is 2.00 bits per heavy atom. The van der Waals surface area contributed by atoms with Crippen LogP contribution in [0.1, 0.15) is 12.8 Å². The van der Waals surface area contributed by atoms with Crippen molar-refractivity contribution in [1.82, 2.24) is 0 Å². The molecule has 0 aliphatic rings. The fraction of sp³-hybridized carbons (Fsp3) is 0.400. The molecular weight excluding hydrogens is 278 g/mol. The third-order valence-corrected chi connectivity index (χ3v) is 4.31. The van der Waals surface area contributed by atoms with E-state index in [0.717, 1.165) is 10.9 Å². The Hall–Kier alpha value is -0.390. The maximum atomic E-state index is 11.8. The molecule has 3 nitrogen and oxygen atoms in total. The van der Waals surface area contributed by atoms with E-state index in [1.54, 1.807) is 24.3 Å². The van der Waals surface area contributed by atoms with Crippen molar-refractivity contribution < 1.29 is 8.42 Å². The lowest BCUT2D eigenvalue weighted by Gasteiger charge is -2.04. The molecule has 1 rings (SSSR count). The molecule has 5 heteroatoms. The monoisotopic (exact) mass is 291 g/mol. The molecule has 0 atom stereocenters. The molecule has 0 heterocycles. The molecule has 0 spiro atoms. The third-order valence-electron chi connectivity index (χ3n) is 2.02. The fourth-order valence-electron chi connectivity index (χ4n) is 1.21. The molecule has 0 aliphatic heterocycles. The van der Waals surface area contributed by atoms with Gasteiger partial charge in [-0.25, -0.2) is 8.42 Å². The van der Waals surface area contributed by atoms with Crippen molar-refractivity contribution >= 4 is 25.8 Å². The van der Waals surface area contributed by atoms with Gasteiger partial charge in [0.15, 0.2) is 9.84 Å². The summed E-state index contributed by atoms with van der Waals surface area (Å²) in [6.45, 7) is 0.536. The molecule has 0 fully saturated rings. The van der Waals surface area contributed by atoms with Crippen molar-refractivity contribution in [3.63, 3.8) is 0 Å². The summed E-state index contributed by atoms with van der Waals surface area (Å²) in [5.41, 5.74) is 5.32. The van der Waals surface area contributed by atoms with Gasteiger partial charge in [0.2, 0.25) is 0 Å². The van der Waals surface area contributed by atoms with E-state index in [-0.39, 0.29) is 5.75 Å². The molecule has 0 radical (unpaired) electrons. The minimum absolute atomic E-state index is 0.167. The van der Waals surface area contributed by atoms with E-state index in [1.807, 2.05) is 0 Å². The van der Waals surface area contributed by atoms with E-state index in [2.05, 4.69) is 15.9 Å². The molecule has 0 bridgehead atoms. The van der Waals surface area contributed by atoms with Gasteiger partial charge in [0.25, 0.3) is 0 Å². The topological polar surface area (TPSA) is 60.2 Å². The minimum Gasteiger partial charge on any atom is -0.330 e. The van der Waals surface area contributed by atoms with Crippen LogP contribution in [-0.4, -0.2) is 20.7 Å². The lowest BCUT2D eigenvalue weighted by molar-refractivity contribution is 0.592. The zero-order valence-electron chi connectivity index (χ0n) is 8.32. The van der Waals surface area contributed by atoms with Gasteiger partial charge in [0.05, 0.1) is 10.6 Å². The zero-order chi connectivity index (χ0) is 11.3. The van der Waals surface area contributed by atoms with Crippen molar-refractivity contribution in [2.75, 3.05) is 12.3 Å². The second kappa shape index (κ2) is 5.63. The molecule has 2 N–H and O–H groups in total. The van der Waals surface area contributed by atoms with Crippen molar-refractivity contribution in [3.05, 3.63) is 28.7 Å². The van der Waals surface area contributed by atoms with E-state index in [4.69, 9.17) is 5.73 Å². The highest BCUT2D eigenvalue weighted by molar-refractivity contribution is 9.10. The first-order valence-corrected chi connectivity index (χ1v) is 7.19. The Bertz CT molecular complexity index is 417. The van der Waals surface area contributed by atoms with Gasteiger partial charge in [0.1, 0.15) is 0 Å². The lowest BCUT2D eigenvalue weighted by Crippen LogP contribution is -2.09. The quantitative estimate of drug-likeness (QED) is 0.844. The van der Waals surface area contributed by atoms with Gasteiger partial charge in [-0.1, -0.05) is 22.0 Å². The molecule has 0 amide bonds. The highest BCUT2D eigenvalue weighted by Gasteiger charge is 2.13. The number of halogens is 1. The van der Waals surface area contributed by atoms with Crippen LogP contribution in [0.25, 0.3) is 0 Å². The first kappa shape index (κ1) is 12.7. The van der Waals surface area contributed by atoms with Gasteiger partial charge in [-0.05, 0) is 37.6 Å². The Labute approximate surface area is 98.7 Å². The Kier molecular flexibility index (Phi) is 4.76. The molecule has 1 aromatic rings. The van der Waals surface area contributed by atoms with E-state index in [1.165, 1.54) is 0 Å². The van der Waals surface area contributed by atoms with Crippen molar-refractivity contribution in [2.45, 2.75) is 17.7 Å². The SMILES string of the molecule is NCCCCS(=O)(=O)c1cccc(Br)c1. The standard InChI is InChI=1S/C10H14BrNO2S/c11-9-4-3-5-10(8-9)15(13,14)7-2-1-6-12/h3-5,8H,1-2,6-7,12H2. The second-order valence-electron chi connectivity index (χ2n) is 3.27. The van der Waals surface area contributed by atoms with Crippen molar-refractivity contribution in [2.24, 2.45) is 5.73 Å². The summed E-state index contributed by atoms with van der Waals surface area (Å²) in [5.74, 6) is 0.167. The molecule has 0 aromatic heterocycles. The van der Waals surface area contributed by atoms with Gasteiger partial charge >= 0.3 is 0 Å². The van der Waals surface area contributed by atoms with E-state index in [0.29, 0.717) is 17.9 Å². The van der Waals surface area contributed by atoms with Gasteiger partial charge < -0.3 is 5.73 Å². The van der Waals surface area contributed by atoms with Gasteiger partial charge in [0, 0.05) is 4.47 Å². The summed E-state index contributed by atoms with van der Waals surface area (Å²) in [6, 6.07) is 6.76. The lowest BCUT2D eigenvalue weighted by atomic mass is 10.3. The highest BCUT2D eigenvalue weighted by Crippen LogP contribution is 2.17. The maximum Gasteiger partial charge on any atom is 0.178 e. The summed E-state index contributed by atoms with van der Waals surface area (Å²) in [7, 11) is -3.14. The van der Waals surface area contributed by atoms with Crippen LogP contribution < -0.4 is 5.73 Å². The number of hydrogen-bond donors (Lipinski definition) is 1. The van der Waals surface area contributed by atoms with Crippen LogP contribution in [0, 0.1) is 0 Å². The number of hydrogen-bond acceptors (Lipinski definition) is 3. The average Bonchev–Trinajstić information content (AvgIpc) is 2.18. The average molecular weight is 292 g/mol. The summed E-state index contributed by atoms with van der Waals surface area (Å²) in [5, 5.41) is 0. The van der Waals surface area contributed by atoms with Crippen molar-refractivity contribution in [3.8, 4) is 0 Å². The van der Waals surface area contributed by atoms with Crippen LogP contribution in [0.15, 0.2) is 33.6 Å². The van der Waals surface area contributed by atoms with Crippen LogP contribution in [0.3, 0.4) is 0 Å². The van der Waals surface area contributed by atoms with E-state index < -0.39 is 9.84 Å². The maximum absolute atomic E-state index is 11.8. The highest BCUT2D eigenvalue weighted by atomic mass is 79.9. The molecule has 0 saturated heterocycles. The molecule has 1 aromatic carbocycles. The number of nitrogens with two attached hydrogens (primary N) is 1. The fourth-order valence-corrected chi connectivity index (χ4v) is 3.18. The predicted octanol–water partition coefficient (Wildman–Crippen LogP) is 1.96. The van der Waals surface area contributed by atoms with E-state index in [9.17, 15) is 8.42 Å². The zero-order valence-corrected chi connectivity index (χ0v) is 10.7. The number of sulfone groups is 1. The number of rotatable bonds is 5. The summed E-state index contributed by atoms with van der Waals surface area (Å²) >= 11 is 3.25. The smallest absolute Gasteiger partial charge is 0.178 e. The number of unbranched alkanes of at least 4 members (excludes halogenated alkanes) is 1. The van der Waals surface area contributed by atoms with Gasteiger partial charge in [-0.15, -0.1) is 0 Å². The third kappa shape index (κ3) is 3.93. The predicted molar refractivity (Wildman–Crippen MR) is 64.5 cm³/mol. The van der Waals surface area contributed by atoms with Gasteiger partial charge in [-0.2, -0.15) is 0 Å². The largest absolute Gasteiger partial charge is 0.330 e. The molecule has 15 heavy (non-hydrogen) atoms. The first-order valence-electron chi connectivity index (χ1n) is 4.74. The minimum atomic E-state index is -3.14. The molecule has 0 aliphatic carbocycles. The molecule has 0 saturated carbocycles. The van der Waals surface area contributed by atoms with E-state index >= 15 is 0 Å².